The van der Waals surface area contributed by atoms with Crippen LogP contribution in [0.5, 0.6) is 5.75 Å². The molecule has 0 aliphatic carbocycles. The molecule has 4 aromatic rings. The van der Waals surface area contributed by atoms with Gasteiger partial charge in [-0.05, 0) is 24.1 Å². The number of aryl methyl sites for hydroxylation is 2. The van der Waals surface area contributed by atoms with Gasteiger partial charge in [0.25, 0.3) is 5.56 Å². The van der Waals surface area contributed by atoms with E-state index in [1.807, 2.05) is 35.8 Å². The van der Waals surface area contributed by atoms with Gasteiger partial charge in [-0.3, -0.25) is 13.9 Å². The first-order chi connectivity index (χ1) is 14.9. The number of benzene rings is 1. The Morgan fingerprint density at radius 1 is 1.16 bits per heavy atom. The highest BCUT2D eigenvalue weighted by atomic mass is 32.2. The van der Waals surface area contributed by atoms with Crippen molar-refractivity contribution in [2.75, 3.05) is 7.11 Å². The monoisotopic (exact) mass is 441 g/mol. The van der Waals surface area contributed by atoms with Crippen LogP contribution in [0.25, 0.3) is 11.2 Å². The first-order valence-corrected chi connectivity index (χ1v) is 10.8. The lowest BCUT2D eigenvalue weighted by molar-refractivity contribution is 0.414. The third-order valence-corrected chi connectivity index (χ3v) is 6.04. The molecule has 3 heterocycles. The third kappa shape index (κ3) is 3.90. The summed E-state index contributed by atoms with van der Waals surface area (Å²) in [7, 11) is 4.70. The van der Waals surface area contributed by atoms with Crippen LogP contribution in [0.2, 0.25) is 0 Å². The number of methoxy groups -OCH3 is 1. The van der Waals surface area contributed by atoms with E-state index in [4.69, 9.17) is 9.15 Å². The number of rotatable bonds is 7. The van der Waals surface area contributed by atoms with Crippen molar-refractivity contribution >= 4 is 22.9 Å². The summed E-state index contributed by atoms with van der Waals surface area (Å²) < 4.78 is 15.2. The molecule has 0 fully saturated rings. The van der Waals surface area contributed by atoms with Gasteiger partial charge in [-0.2, -0.15) is 0 Å². The predicted molar refractivity (Wildman–Crippen MR) is 118 cm³/mol. The lowest BCUT2D eigenvalue weighted by Crippen LogP contribution is -2.37. The predicted octanol–water partition coefficient (Wildman–Crippen LogP) is 2.33. The van der Waals surface area contributed by atoms with Crippen molar-refractivity contribution in [3.8, 4) is 5.75 Å². The van der Waals surface area contributed by atoms with Crippen LogP contribution in [0.3, 0.4) is 0 Å². The standard InChI is InChI=1S/C21H23N5O4S/c1-5-14-11-30-16(22-14)12-31-20-23-18-17(19(27)25(3)21(28)24(18)2)26(20)10-13-7-6-8-15(9-13)29-4/h6-9,11H,5,10,12H2,1-4H3. The van der Waals surface area contributed by atoms with E-state index in [2.05, 4.69) is 9.97 Å². The Labute approximate surface area is 182 Å². The van der Waals surface area contributed by atoms with Gasteiger partial charge in [-0.1, -0.05) is 30.8 Å². The van der Waals surface area contributed by atoms with E-state index in [9.17, 15) is 9.59 Å². The Kier molecular flexibility index (Phi) is 5.73. The Morgan fingerprint density at radius 2 is 1.97 bits per heavy atom. The Hall–Kier alpha value is -3.27. The minimum atomic E-state index is -0.416. The highest BCUT2D eigenvalue weighted by molar-refractivity contribution is 7.98. The molecule has 0 atom stereocenters. The molecule has 0 bridgehead atoms. The van der Waals surface area contributed by atoms with E-state index in [0.29, 0.717) is 34.5 Å². The van der Waals surface area contributed by atoms with Crippen LogP contribution in [0.4, 0.5) is 0 Å². The Bertz CT molecular complexity index is 1360. The number of aromatic nitrogens is 5. The second-order valence-electron chi connectivity index (χ2n) is 7.08. The quantitative estimate of drug-likeness (QED) is 0.406. The number of oxazole rings is 1. The largest absolute Gasteiger partial charge is 0.497 e. The molecule has 10 heteroatoms. The average Bonchev–Trinajstić information content (AvgIpc) is 3.39. The van der Waals surface area contributed by atoms with Crippen LogP contribution in [0.15, 0.2) is 49.7 Å². The molecule has 31 heavy (non-hydrogen) atoms. The molecule has 0 saturated heterocycles. The molecule has 0 aliphatic rings. The fraction of sp³-hybridized carbons (Fsp3) is 0.333. The SMILES string of the molecule is CCc1coc(CSc2nc3c(c(=O)n(C)c(=O)n3C)n2Cc2cccc(OC)c2)n1. The highest BCUT2D eigenvalue weighted by Crippen LogP contribution is 2.26. The summed E-state index contributed by atoms with van der Waals surface area (Å²) in [6, 6.07) is 7.62. The maximum absolute atomic E-state index is 13.0. The molecule has 9 nitrogen and oxygen atoms in total. The molecule has 0 unspecified atom stereocenters. The number of hydrogen-bond acceptors (Lipinski definition) is 7. The molecule has 0 amide bonds. The highest BCUT2D eigenvalue weighted by Gasteiger charge is 2.20. The van der Waals surface area contributed by atoms with Crippen LogP contribution in [0, 0.1) is 0 Å². The van der Waals surface area contributed by atoms with E-state index >= 15 is 0 Å². The van der Waals surface area contributed by atoms with Gasteiger partial charge >= 0.3 is 5.69 Å². The zero-order chi connectivity index (χ0) is 22.1. The van der Waals surface area contributed by atoms with E-state index in [1.54, 1.807) is 20.4 Å². The van der Waals surface area contributed by atoms with E-state index < -0.39 is 5.69 Å². The van der Waals surface area contributed by atoms with E-state index in [-0.39, 0.29) is 5.56 Å². The van der Waals surface area contributed by atoms with Gasteiger partial charge < -0.3 is 13.7 Å². The third-order valence-electron chi connectivity index (χ3n) is 5.07. The Balaban J connectivity index is 1.82. The Morgan fingerprint density at radius 3 is 2.68 bits per heavy atom. The smallest absolute Gasteiger partial charge is 0.332 e. The van der Waals surface area contributed by atoms with Crippen molar-refractivity contribution in [1.29, 1.82) is 0 Å². The summed E-state index contributed by atoms with van der Waals surface area (Å²) in [4.78, 5) is 34.5. The first-order valence-electron chi connectivity index (χ1n) is 9.78. The van der Waals surface area contributed by atoms with Crippen LogP contribution in [0.1, 0.15) is 24.1 Å². The van der Waals surface area contributed by atoms with Crippen molar-refractivity contribution in [1.82, 2.24) is 23.7 Å². The second-order valence-corrected chi connectivity index (χ2v) is 8.03. The maximum atomic E-state index is 13.0. The van der Waals surface area contributed by atoms with Gasteiger partial charge in [-0.15, -0.1) is 0 Å². The number of thioether (sulfide) groups is 1. The fourth-order valence-corrected chi connectivity index (χ4v) is 4.19. The van der Waals surface area contributed by atoms with Crippen molar-refractivity contribution in [3.05, 3.63) is 68.5 Å². The molecule has 4 rings (SSSR count). The van der Waals surface area contributed by atoms with Crippen LogP contribution >= 0.6 is 11.8 Å². The molecular formula is C21H23N5O4S. The molecule has 3 aromatic heterocycles. The summed E-state index contributed by atoms with van der Waals surface area (Å²) in [5.74, 6) is 1.77. The molecule has 0 aliphatic heterocycles. The van der Waals surface area contributed by atoms with Crippen molar-refractivity contribution in [2.24, 2.45) is 14.1 Å². The van der Waals surface area contributed by atoms with Crippen molar-refractivity contribution in [3.63, 3.8) is 0 Å². The topological polar surface area (TPSA) is 97.1 Å². The average molecular weight is 442 g/mol. The number of ether oxygens (including phenoxy) is 1. The number of fused-ring (bicyclic) bond motifs is 1. The van der Waals surface area contributed by atoms with Crippen LogP contribution < -0.4 is 16.0 Å². The summed E-state index contributed by atoms with van der Waals surface area (Å²) in [5, 5.41) is 0.604. The number of hydrogen-bond donors (Lipinski definition) is 0. The molecule has 0 saturated carbocycles. The fourth-order valence-electron chi connectivity index (χ4n) is 3.34. The molecule has 0 spiro atoms. The zero-order valence-corrected chi connectivity index (χ0v) is 18.6. The van der Waals surface area contributed by atoms with Gasteiger partial charge in [0.15, 0.2) is 16.3 Å². The van der Waals surface area contributed by atoms with Gasteiger partial charge in [0, 0.05) is 14.1 Å². The van der Waals surface area contributed by atoms with E-state index in [0.717, 1.165) is 28.0 Å². The lowest BCUT2D eigenvalue weighted by atomic mass is 10.2. The number of nitrogens with zero attached hydrogens (tertiary/aromatic N) is 5. The maximum Gasteiger partial charge on any atom is 0.332 e. The van der Waals surface area contributed by atoms with Crippen molar-refractivity contribution in [2.45, 2.75) is 30.8 Å². The molecule has 162 valence electrons. The van der Waals surface area contributed by atoms with Gasteiger partial charge in [-0.25, -0.2) is 14.8 Å². The molecule has 0 radical (unpaired) electrons. The summed E-state index contributed by atoms with van der Waals surface area (Å²) in [5.41, 5.74) is 1.75. The first kappa shape index (κ1) is 21.0. The summed E-state index contributed by atoms with van der Waals surface area (Å²) in [6.45, 7) is 2.41. The second kappa shape index (κ2) is 8.46. The van der Waals surface area contributed by atoms with Crippen molar-refractivity contribution < 1.29 is 9.15 Å². The van der Waals surface area contributed by atoms with Gasteiger partial charge in [0.2, 0.25) is 5.89 Å². The van der Waals surface area contributed by atoms with Crippen LogP contribution in [-0.4, -0.2) is 30.8 Å². The minimum absolute atomic E-state index is 0.347. The van der Waals surface area contributed by atoms with Gasteiger partial charge in [0.1, 0.15) is 12.0 Å². The molecule has 0 N–H and O–H groups in total. The van der Waals surface area contributed by atoms with Crippen LogP contribution in [-0.2, 0) is 32.8 Å². The number of imidazole rings is 1. The normalized spacial score (nSPS) is 11.4. The molecule has 1 aromatic carbocycles. The summed E-state index contributed by atoms with van der Waals surface area (Å²) in [6.07, 6.45) is 2.44. The minimum Gasteiger partial charge on any atom is -0.497 e. The lowest BCUT2D eigenvalue weighted by Gasteiger charge is -2.10. The van der Waals surface area contributed by atoms with Gasteiger partial charge in [0.05, 0.1) is 25.1 Å². The summed E-state index contributed by atoms with van der Waals surface area (Å²) >= 11 is 1.41. The zero-order valence-electron chi connectivity index (χ0n) is 17.8. The molecular weight excluding hydrogens is 418 g/mol. The van der Waals surface area contributed by atoms with E-state index in [1.165, 1.54) is 23.4 Å².